The van der Waals surface area contributed by atoms with E-state index in [0.29, 0.717) is 4.47 Å². The van der Waals surface area contributed by atoms with Gasteiger partial charge in [-0.3, -0.25) is 9.80 Å². The predicted molar refractivity (Wildman–Crippen MR) is 70.3 cm³/mol. The van der Waals surface area contributed by atoms with Crippen molar-refractivity contribution in [3.8, 4) is 0 Å². The number of carbonyl (C=O) groups is 2. The molecule has 1 unspecified atom stereocenters. The molecule has 2 rings (SSSR count). The van der Waals surface area contributed by atoms with Crippen molar-refractivity contribution in [2.24, 2.45) is 16.6 Å². The number of rotatable bonds is 3. The van der Waals surface area contributed by atoms with Crippen LogP contribution in [-0.2, 0) is 25.4 Å². The van der Waals surface area contributed by atoms with E-state index in [4.69, 9.17) is 16.4 Å². The Hall–Kier alpha value is -2.04. The summed E-state index contributed by atoms with van der Waals surface area (Å²) < 4.78 is 12.0. The van der Waals surface area contributed by atoms with Crippen LogP contribution in [-0.4, -0.2) is 44.1 Å². The monoisotopic (exact) mass is 299 g/mol. The molecular formula is C10H13N5O4S. The lowest BCUT2D eigenvalue weighted by molar-refractivity contribution is -0.172. The fourth-order valence-corrected chi connectivity index (χ4v) is 2.55. The first-order valence-corrected chi connectivity index (χ1v) is 6.94. The smallest absolute Gasteiger partial charge is 0.326 e. The average Bonchev–Trinajstić information content (AvgIpc) is 2.73. The molecule has 2 aliphatic heterocycles. The van der Waals surface area contributed by atoms with E-state index in [2.05, 4.69) is 4.99 Å². The van der Waals surface area contributed by atoms with E-state index < -0.39 is 22.9 Å². The van der Waals surface area contributed by atoms with Gasteiger partial charge >= 0.3 is 5.97 Å². The lowest BCUT2D eigenvalue weighted by Gasteiger charge is -2.20. The standard InChI is InChI=1S/C10H13N5O4S/c11-6-7(9-13-3-1-4-14(9)12)10(17)19-15-8(16)2-5-20(15)18/h1,3-4H,2,5-6,11-12H2/b9-7+. The molecule has 10 heteroatoms. The summed E-state index contributed by atoms with van der Waals surface area (Å²) >= 11 is 0. The quantitative estimate of drug-likeness (QED) is 0.468. The van der Waals surface area contributed by atoms with Crippen molar-refractivity contribution in [1.82, 2.24) is 9.48 Å². The van der Waals surface area contributed by atoms with Gasteiger partial charge in [0.15, 0.2) is 16.8 Å². The molecule has 4 N–H and O–H groups in total. The third-order valence-corrected chi connectivity index (χ3v) is 3.74. The molecule has 1 fully saturated rings. The number of allylic oxidation sites excluding steroid dienone is 1. The Labute approximate surface area is 117 Å². The summed E-state index contributed by atoms with van der Waals surface area (Å²) in [5.41, 5.74) is 5.47. The highest BCUT2D eigenvalue weighted by Crippen LogP contribution is 2.17. The van der Waals surface area contributed by atoms with Crippen LogP contribution in [0.15, 0.2) is 28.7 Å². The minimum absolute atomic E-state index is 0.0233. The molecule has 1 atom stereocenters. The number of hydrogen-bond acceptors (Lipinski definition) is 8. The van der Waals surface area contributed by atoms with Crippen LogP contribution in [0.25, 0.3) is 0 Å². The van der Waals surface area contributed by atoms with Gasteiger partial charge in [-0.2, -0.15) is 0 Å². The summed E-state index contributed by atoms with van der Waals surface area (Å²) in [4.78, 5) is 32.1. The Morgan fingerprint density at radius 1 is 1.55 bits per heavy atom. The van der Waals surface area contributed by atoms with Crippen LogP contribution in [0.2, 0.25) is 0 Å². The maximum Gasteiger partial charge on any atom is 0.365 e. The molecule has 0 aromatic heterocycles. The fraction of sp³-hybridized carbons (Fsp3) is 0.300. The average molecular weight is 299 g/mol. The highest BCUT2D eigenvalue weighted by atomic mass is 32.2. The second kappa shape index (κ2) is 5.94. The molecule has 1 saturated heterocycles. The van der Waals surface area contributed by atoms with Crippen LogP contribution in [0.5, 0.6) is 0 Å². The van der Waals surface area contributed by atoms with Gasteiger partial charge in [0.2, 0.25) is 0 Å². The zero-order valence-electron chi connectivity index (χ0n) is 10.4. The lowest BCUT2D eigenvalue weighted by Crippen LogP contribution is -2.34. The Kier molecular flexibility index (Phi) is 4.27. The first-order valence-electron chi connectivity index (χ1n) is 5.66. The molecule has 9 nitrogen and oxygen atoms in total. The normalized spacial score (nSPS) is 24.3. The second-order valence-corrected chi connectivity index (χ2v) is 5.22. The Bertz CT molecular complexity index is 540. The second-order valence-electron chi connectivity index (χ2n) is 3.84. The topological polar surface area (TPSA) is 131 Å². The summed E-state index contributed by atoms with van der Waals surface area (Å²) in [6, 6.07) is 0. The zero-order chi connectivity index (χ0) is 14.7. The van der Waals surface area contributed by atoms with Crippen molar-refractivity contribution < 1.29 is 18.6 Å². The van der Waals surface area contributed by atoms with Crippen LogP contribution >= 0.6 is 0 Å². The number of amides is 1. The fourth-order valence-electron chi connectivity index (χ4n) is 1.57. The highest BCUT2D eigenvalue weighted by molar-refractivity contribution is 7.83. The molecule has 0 saturated carbocycles. The van der Waals surface area contributed by atoms with Crippen LogP contribution in [0.3, 0.4) is 0 Å². The first kappa shape index (κ1) is 14.4. The predicted octanol–water partition coefficient (Wildman–Crippen LogP) is -1.72. The number of aliphatic imine (C=N–C) groups is 1. The largest absolute Gasteiger partial charge is 0.365 e. The molecule has 0 spiro atoms. The molecule has 2 aliphatic rings. The number of carbonyl (C=O) groups excluding carboxylic acids is 2. The molecular weight excluding hydrogens is 286 g/mol. The van der Waals surface area contributed by atoms with Crippen molar-refractivity contribution >= 4 is 29.1 Å². The maximum atomic E-state index is 12.0. The maximum absolute atomic E-state index is 12.0. The number of nitrogens with zero attached hydrogens (tertiary/aromatic N) is 3. The van der Waals surface area contributed by atoms with Crippen molar-refractivity contribution in [3.63, 3.8) is 0 Å². The van der Waals surface area contributed by atoms with E-state index in [-0.39, 0.29) is 30.1 Å². The van der Waals surface area contributed by atoms with Crippen LogP contribution in [0, 0.1) is 0 Å². The van der Waals surface area contributed by atoms with Gasteiger partial charge in [-0.15, -0.1) is 0 Å². The van der Waals surface area contributed by atoms with E-state index in [1.807, 2.05) is 0 Å². The van der Waals surface area contributed by atoms with Gasteiger partial charge in [-0.1, -0.05) is 4.47 Å². The van der Waals surface area contributed by atoms with Crippen LogP contribution in [0.4, 0.5) is 0 Å². The lowest BCUT2D eigenvalue weighted by atomic mass is 10.2. The Morgan fingerprint density at radius 2 is 2.30 bits per heavy atom. The number of hydrazine groups is 1. The van der Waals surface area contributed by atoms with Crippen molar-refractivity contribution in [2.75, 3.05) is 12.3 Å². The van der Waals surface area contributed by atoms with Gasteiger partial charge in [0.05, 0.1) is 11.3 Å². The van der Waals surface area contributed by atoms with E-state index in [9.17, 15) is 13.8 Å². The Morgan fingerprint density at radius 3 is 2.85 bits per heavy atom. The summed E-state index contributed by atoms with van der Waals surface area (Å²) in [5.74, 6) is 4.44. The summed E-state index contributed by atoms with van der Waals surface area (Å²) in [6.07, 6.45) is 4.55. The minimum atomic E-state index is -1.66. The van der Waals surface area contributed by atoms with Gasteiger partial charge in [0.25, 0.3) is 5.91 Å². The summed E-state index contributed by atoms with van der Waals surface area (Å²) in [6.45, 7) is -0.193. The number of hydrogen-bond donors (Lipinski definition) is 2. The zero-order valence-corrected chi connectivity index (χ0v) is 11.2. The molecule has 0 aliphatic carbocycles. The SMILES string of the molecule is NC/C(C(=O)ON1C(=O)CCS1=O)=C1/N=CC=CN1N. The van der Waals surface area contributed by atoms with Crippen molar-refractivity contribution in [2.45, 2.75) is 6.42 Å². The van der Waals surface area contributed by atoms with E-state index >= 15 is 0 Å². The Balaban J connectivity index is 2.20. The van der Waals surface area contributed by atoms with Crippen LogP contribution < -0.4 is 11.6 Å². The van der Waals surface area contributed by atoms with Crippen LogP contribution in [0.1, 0.15) is 6.42 Å². The third-order valence-electron chi connectivity index (χ3n) is 2.54. The molecule has 0 aromatic carbocycles. The van der Waals surface area contributed by atoms with E-state index in [0.717, 1.165) is 5.01 Å². The first-order chi connectivity index (χ1) is 9.54. The van der Waals surface area contributed by atoms with E-state index in [1.165, 1.54) is 12.4 Å². The minimum Gasteiger partial charge on any atom is -0.326 e. The molecule has 1 amide bonds. The molecule has 0 bridgehead atoms. The van der Waals surface area contributed by atoms with Gasteiger partial charge in [-0.25, -0.2) is 19.8 Å². The highest BCUT2D eigenvalue weighted by Gasteiger charge is 2.33. The van der Waals surface area contributed by atoms with Gasteiger partial charge in [0, 0.05) is 25.4 Å². The van der Waals surface area contributed by atoms with Gasteiger partial charge in [0.1, 0.15) is 0 Å². The molecule has 2 heterocycles. The van der Waals surface area contributed by atoms with Gasteiger partial charge < -0.3 is 10.6 Å². The molecule has 108 valence electrons. The third kappa shape index (κ3) is 2.76. The van der Waals surface area contributed by atoms with Gasteiger partial charge in [-0.05, 0) is 6.08 Å². The van der Waals surface area contributed by atoms with Crippen molar-refractivity contribution in [3.05, 3.63) is 23.7 Å². The summed E-state index contributed by atoms with van der Waals surface area (Å²) in [7, 11) is -1.66. The van der Waals surface area contributed by atoms with E-state index in [1.54, 1.807) is 6.08 Å². The number of hydroxylamine groups is 1. The molecule has 20 heavy (non-hydrogen) atoms. The van der Waals surface area contributed by atoms with Crippen molar-refractivity contribution in [1.29, 1.82) is 0 Å². The molecule has 0 aromatic rings. The number of nitrogens with two attached hydrogens (primary N) is 2. The summed E-state index contributed by atoms with van der Waals surface area (Å²) in [5, 5.41) is 1.10. The molecule has 0 radical (unpaired) electrons.